The highest BCUT2D eigenvalue weighted by Crippen LogP contribution is 2.13. The molecule has 1 amide bonds. The van der Waals surface area contributed by atoms with Crippen LogP contribution in [0.4, 0.5) is 0 Å². The molecule has 0 saturated carbocycles. The molecule has 0 spiro atoms. The van der Waals surface area contributed by atoms with E-state index < -0.39 is 17.3 Å². The summed E-state index contributed by atoms with van der Waals surface area (Å²) < 4.78 is 4.46. The van der Waals surface area contributed by atoms with E-state index >= 15 is 0 Å². The van der Waals surface area contributed by atoms with Crippen molar-refractivity contribution in [2.45, 2.75) is 27.7 Å². The SMILES string of the molecule is CC(=O)OCC(=O)NCC(=O)C(C)(C)C. The van der Waals surface area contributed by atoms with E-state index in [4.69, 9.17) is 0 Å². The molecule has 0 unspecified atom stereocenters. The molecule has 0 aliphatic rings. The molecular formula is C10H17NO4. The second kappa shape index (κ2) is 5.48. The van der Waals surface area contributed by atoms with E-state index in [0.29, 0.717) is 0 Å². The average molecular weight is 215 g/mol. The summed E-state index contributed by atoms with van der Waals surface area (Å²) in [6, 6.07) is 0. The first-order valence-corrected chi connectivity index (χ1v) is 4.67. The zero-order valence-corrected chi connectivity index (χ0v) is 9.55. The van der Waals surface area contributed by atoms with E-state index in [9.17, 15) is 14.4 Å². The largest absolute Gasteiger partial charge is 0.456 e. The minimum absolute atomic E-state index is 0.0381. The van der Waals surface area contributed by atoms with Crippen LogP contribution >= 0.6 is 0 Å². The molecule has 15 heavy (non-hydrogen) atoms. The number of ether oxygens (including phenoxy) is 1. The van der Waals surface area contributed by atoms with Crippen LogP contribution in [0.2, 0.25) is 0 Å². The number of hydrogen-bond donors (Lipinski definition) is 1. The van der Waals surface area contributed by atoms with Gasteiger partial charge in [-0.25, -0.2) is 0 Å². The zero-order chi connectivity index (χ0) is 12.1. The molecule has 0 aromatic rings. The lowest BCUT2D eigenvalue weighted by molar-refractivity contribution is -0.146. The highest BCUT2D eigenvalue weighted by atomic mass is 16.5. The topological polar surface area (TPSA) is 72.5 Å². The quantitative estimate of drug-likeness (QED) is 0.684. The van der Waals surface area contributed by atoms with Gasteiger partial charge in [0, 0.05) is 12.3 Å². The Balaban J connectivity index is 3.82. The predicted molar refractivity (Wildman–Crippen MR) is 54.1 cm³/mol. The molecule has 0 rings (SSSR count). The number of nitrogens with one attached hydrogen (secondary N) is 1. The molecular weight excluding hydrogens is 198 g/mol. The van der Waals surface area contributed by atoms with Crippen molar-refractivity contribution in [2.24, 2.45) is 5.41 Å². The van der Waals surface area contributed by atoms with Gasteiger partial charge in [0.2, 0.25) is 0 Å². The van der Waals surface area contributed by atoms with Crippen molar-refractivity contribution in [1.29, 1.82) is 0 Å². The third-order valence-electron chi connectivity index (χ3n) is 1.69. The normalized spacial score (nSPS) is 10.7. The lowest BCUT2D eigenvalue weighted by atomic mass is 9.91. The summed E-state index contributed by atoms with van der Waals surface area (Å²) in [7, 11) is 0. The summed E-state index contributed by atoms with van der Waals surface area (Å²) in [5, 5.41) is 2.38. The standard InChI is InChI=1S/C10H17NO4/c1-7(12)15-6-9(14)11-5-8(13)10(2,3)4/h5-6H2,1-4H3,(H,11,14). The second-order valence-corrected chi connectivity index (χ2v) is 4.23. The molecule has 5 nitrogen and oxygen atoms in total. The maximum atomic E-state index is 11.4. The smallest absolute Gasteiger partial charge is 0.303 e. The number of amides is 1. The Hall–Kier alpha value is -1.39. The van der Waals surface area contributed by atoms with Crippen molar-refractivity contribution < 1.29 is 19.1 Å². The van der Waals surface area contributed by atoms with Crippen LogP contribution in [0.3, 0.4) is 0 Å². The molecule has 0 aliphatic carbocycles. The highest BCUT2D eigenvalue weighted by molar-refractivity contribution is 5.90. The minimum atomic E-state index is -0.521. The van der Waals surface area contributed by atoms with Gasteiger partial charge in [-0.1, -0.05) is 20.8 Å². The Labute approximate surface area is 89.2 Å². The maximum absolute atomic E-state index is 11.4. The van der Waals surface area contributed by atoms with E-state index in [-0.39, 0.29) is 18.9 Å². The van der Waals surface area contributed by atoms with E-state index in [1.165, 1.54) is 6.92 Å². The Bertz CT molecular complexity index is 265. The molecule has 0 aliphatic heterocycles. The van der Waals surface area contributed by atoms with Crippen LogP contribution in [0.1, 0.15) is 27.7 Å². The van der Waals surface area contributed by atoms with Crippen molar-refractivity contribution >= 4 is 17.7 Å². The first-order valence-electron chi connectivity index (χ1n) is 4.67. The van der Waals surface area contributed by atoms with E-state index in [0.717, 1.165) is 0 Å². The van der Waals surface area contributed by atoms with Crippen LogP contribution < -0.4 is 5.32 Å². The van der Waals surface area contributed by atoms with Gasteiger partial charge in [0.15, 0.2) is 12.4 Å². The molecule has 0 atom stereocenters. The lowest BCUT2D eigenvalue weighted by Gasteiger charge is -2.16. The number of hydrogen-bond acceptors (Lipinski definition) is 4. The first-order chi connectivity index (χ1) is 6.73. The Kier molecular flexibility index (Phi) is 4.97. The predicted octanol–water partition coefficient (Wildman–Crippen LogP) is 0.281. The van der Waals surface area contributed by atoms with Crippen LogP contribution in [0, 0.1) is 5.41 Å². The number of carbonyl (C=O) groups is 3. The molecule has 0 aromatic carbocycles. The van der Waals surface area contributed by atoms with E-state index in [2.05, 4.69) is 10.1 Å². The fraction of sp³-hybridized carbons (Fsp3) is 0.700. The van der Waals surface area contributed by atoms with Crippen molar-refractivity contribution in [2.75, 3.05) is 13.2 Å². The van der Waals surface area contributed by atoms with Gasteiger partial charge in [-0.2, -0.15) is 0 Å². The van der Waals surface area contributed by atoms with Gasteiger partial charge in [0.1, 0.15) is 0 Å². The molecule has 5 heteroatoms. The average Bonchev–Trinajstić information content (AvgIpc) is 2.09. The summed E-state index contributed by atoms with van der Waals surface area (Å²) in [5.41, 5.74) is -0.477. The summed E-state index contributed by atoms with van der Waals surface area (Å²) in [6.07, 6.45) is 0. The number of carbonyl (C=O) groups excluding carboxylic acids is 3. The van der Waals surface area contributed by atoms with Crippen molar-refractivity contribution in [1.82, 2.24) is 5.32 Å². The fourth-order valence-corrected chi connectivity index (χ4v) is 0.662. The van der Waals surface area contributed by atoms with Crippen LogP contribution in [0.25, 0.3) is 0 Å². The summed E-state index contributed by atoms with van der Waals surface area (Å²) in [6.45, 7) is 6.15. The van der Waals surface area contributed by atoms with Crippen molar-refractivity contribution in [3.8, 4) is 0 Å². The molecule has 0 radical (unpaired) electrons. The number of esters is 1. The molecule has 0 heterocycles. The monoisotopic (exact) mass is 215 g/mol. The van der Waals surface area contributed by atoms with Gasteiger partial charge in [0.05, 0.1) is 6.54 Å². The van der Waals surface area contributed by atoms with Crippen LogP contribution in [0.15, 0.2) is 0 Å². The van der Waals surface area contributed by atoms with Crippen LogP contribution in [0.5, 0.6) is 0 Å². The Morgan fingerprint density at radius 3 is 2.13 bits per heavy atom. The Morgan fingerprint density at radius 2 is 1.73 bits per heavy atom. The van der Waals surface area contributed by atoms with Crippen molar-refractivity contribution in [3.05, 3.63) is 0 Å². The third-order valence-corrected chi connectivity index (χ3v) is 1.69. The molecule has 0 bridgehead atoms. The summed E-state index contributed by atoms with van der Waals surface area (Å²) in [4.78, 5) is 32.8. The van der Waals surface area contributed by atoms with Gasteiger partial charge < -0.3 is 10.1 Å². The number of Topliss-reactive ketones (excluding diaryl/α,β-unsaturated/α-hetero) is 1. The van der Waals surface area contributed by atoms with Gasteiger partial charge in [0.25, 0.3) is 5.91 Å². The van der Waals surface area contributed by atoms with E-state index in [1.54, 1.807) is 20.8 Å². The lowest BCUT2D eigenvalue weighted by Crippen LogP contribution is -2.37. The first kappa shape index (κ1) is 13.6. The summed E-state index contributed by atoms with van der Waals surface area (Å²) >= 11 is 0. The fourth-order valence-electron chi connectivity index (χ4n) is 0.662. The van der Waals surface area contributed by atoms with Crippen LogP contribution in [-0.2, 0) is 19.1 Å². The Morgan fingerprint density at radius 1 is 1.20 bits per heavy atom. The minimum Gasteiger partial charge on any atom is -0.456 e. The number of ketones is 1. The van der Waals surface area contributed by atoms with Gasteiger partial charge in [-0.05, 0) is 0 Å². The second-order valence-electron chi connectivity index (χ2n) is 4.23. The maximum Gasteiger partial charge on any atom is 0.303 e. The molecule has 0 aromatic heterocycles. The zero-order valence-electron chi connectivity index (χ0n) is 9.55. The molecule has 1 N–H and O–H groups in total. The summed E-state index contributed by atoms with van der Waals surface area (Å²) in [5.74, 6) is -1.06. The van der Waals surface area contributed by atoms with Crippen LogP contribution in [-0.4, -0.2) is 30.8 Å². The van der Waals surface area contributed by atoms with Gasteiger partial charge >= 0.3 is 5.97 Å². The number of rotatable bonds is 4. The molecule has 0 saturated heterocycles. The van der Waals surface area contributed by atoms with Gasteiger partial charge in [-0.15, -0.1) is 0 Å². The van der Waals surface area contributed by atoms with E-state index in [1.807, 2.05) is 0 Å². The van der Waals surface area contributed by atoms with Gasteiger partial charge in [-0.3, -0.25) is 14.4 Å². The molecule has 86 valence electrons. The third kappa shape index (κ3) is 6.65. The highest BCUT2D eigenvalue weighted by Gasteiger charge is 2.21. The molecule has 0 fully saturated rings. The van der Waals surface area contributed by atoms with Crippen molar-refractivity contribution in [3.63, 3.8) is 0 Å².